The van der Waals surface area contributed by atoms with E-state index in [-0.39, 0.29) is 17.1 Å². The summed E-state index contributed by atoms with van der Waals surface area (Å²) in [5.41, 5.74) is 0.303. The summed E-state index contributed by atoms with van der Waals surface area (Å²) in [6, 6.07) is 7.40. The van der Waals surface area contributed by atoms with Gasteiger partial charge in [0.1, 0.15) is 5.70 Å². The Bertz CT molecular complexity index is 939. The second-order valence-corrected chi connectivity index (χ2v) is 5.08. The molecule has 0 bridgehead atoms. The van der Waals surface area contributed by atoms with Crippen molar-refractivity contribution in [2.45, 2.75) is 0 Å². The zero-order chi connectivity index (χ0) is 18.1. The van der Waals surface area contributed by atoms with Gasteiger partial charge in [-0.3, -0.25) is 9.59 Å². The molecule has 2 aromatic rings. The summed E-state index contributed by atoms with van der Waals surface area (Å²) in [7, 11) is 0. The molecule has 0 atom stereocenters. The van der Waals surface area contributed by atoms with Crippen LogP contribution in [0.5, 0.6) is 5.75 Å². The summed E-state index contributed by atoms with van der Waals surface area (Å²) in [5, 5.41) is 11.5. The van der Waals surface area contributed by atoms with E-state index in [0.717, 1.165) is 23.1 Å². The maximum Gasteiger partial charge on any atom is 0.281 e. The van der Waals surface area contributed by atoms with Crippen LogP contribution in [0.4, 0.5) is 25.8 Å². The summed E-state index contributed by atoms with van der Waals surface area (Å²) in [6.07, 6.45) is 0.994. The van der Waals surface area contributed by atoms with Crippen LogP contribution < -0.4 is 10.2 Å². The third-order valence-corrected chi connectivity index (χ3v) is 3.45. The van der Waals surface area contributed by atoms with E-state index in [1.54, 1.807) is 0 Å². The molecule has 2 aromatic carbocycles. The zero-order valence-corrected chi connectivity index (χ0v) is 12.5. The number of carbonyl (C=O) groups is 2. The normalized spacial score (nSPS) is 13.6. The van der Waals surface area contributed by atoms with Gasteiger partial charge in [-0.2, -0.15) is 0 Å². The molecule has 1 aliphatic heterocycles. The first-order valence-electron chi connectivity index (χ1n) is 6.93. The lowest BCUT2D eigenvalue weighted by atomic mass is 10.2. The fraction of sp³-hybridized carbons (Fsp3) is 0. The molecule has 1 aliphatic rings. The van der Waals surface area contributed by atoms with Crippen molar-refractivity contribution in [3.05, 3.63) is 71.2 Å². The molecular formula is C17H9F2N3O3. The van der Waals surface area contributed by atoms with E-state index in [0.29, 0.717) is 5.69 Å². The average Bonchev–Trinajstić information content (AvgIpc) is 2.86. The van der Waals surface area contributed by atoms with Crippen LogP contribution in [-0.4, -0.2) is 16.9 Å². The monoisotopic (exact) mass is 341 g/mol. The number of carbonyl (C=O) groups excluding carboxylic acids is 2. The highest BCUT2D eigenvalue weighted by molar-refractivity contribution is 6.31. The summed E-state index contributed by atoms with van der Waals surface area (Å²) >= 11 is 0. The third-order valence-electron chi connectivity index (χ3n) is 3.45. The number of hydrogen-bond acceptors (Lipinski definition) is 4. The molecule has 0 fully saturated rings. The Hall–Kier alpha value is -3.73. The lowest BCUT2D eigenvalue weighted by Crippen LogP contribution is -2.31. The van der Waals surface area contributed by atoms with Gasteiger partial charge in [-0.05, 0) is 12.1 Å². The fourth-order valence-corrected chi connectivity index (χ4v) is 2.27. The Kier molecular flexibility index (Phi) is 3.91. The molecule has 0 saturated carbocycles. The van der Waals surface area contributed by atoms with Crippen LogP contribution in [0.3, 0.4) is 0 Å². The van der Waals surface area contributed by atoms with Gasteiger partial charge >= 0.3 is 0 Å². The highest BCUT2D eigenvalue weighted by Gasteiger charge is 2.32. The molecule has 0 unspecified atom stereocenters. The van der Waals surface area contributed by atoms with Crippen molar-refractivity contribution in [1.29, 1.82) is 0 Å². The Morgan fingerprint density at radius 2 is 1.68 bits per heavy atom. The Morgan fingerprint density at radius 1 is 1.08 bits per heavy atom. The minimum Gasteiger partial charge on any atom is -0.503 e. The van der Waals surface area contributed by atoms with E-state index < -0.39 is 29.2 Å². The first-order valence-corrected chi connectivity index (χ1v) is 6.93. The van der Waals surface area contributed by atoms with Crippen molar-refractivity contribution in [2.24, 2.45) is 0 Å². The fourth-order valence-electron chi connectivity index (χ4n) is 2.27. The molecule has 0 aliphatic carbocycles. The number of aromatic hydroxyl groups is 1. The standard InChI is InChI=1S/C17H9F2N3O3/c1-20-9-2-4-11(5-3-9)22-15(23)8-14(17(22)25)21-10-6-12(18)16(24)13(19)7-10/h2-8,21,24H. The summed E-state index contributed by atoms with van der Waals surface area (Å²) < 4.78 is 26.7. The minimum atomic E-state index is -1.20. The van der Waals surface area contributed by atoms with Crippen LogP contribution >= 0.6 is 0 Å². The lowest BCUT2D eigenvalue weighted by Gasteiger charge is -2.15. The first-order chi connectivity index (χ1) is 11.9. The SMILES string of the molecule is [C-]#[N+]c1ccc(N2C(=O)C=C(Nc3cc(F)c(O)c(F)c3)C2=O)cc1. The molecule has 0 radical (unpaired) electrons. The van der Waals surface area contributed by atoms with E-state index >= 15 is 0 Å². The number of amides is 2. The van der Waals surface area contributed by atoms with Gasteiger partial charge in [0.25, 0.3) is 11.8 Å². The maximum atomic E-state index is 13.4. The maximum absolute atomic E-state index is 13.4. The molecular weight excluding hydrogens is 332 g/mol. The van der Waals surface area contributed by atoms with Crippen molar-refractivity contribution in [1.82, 2.24) is 0 Å². The largest absolute Gasteiger partial charge is 0.503 e. The third kappa shape index (κ3) is 2.90. The van der Waals surface area contributed by atoms with Crippen LogP contribution in [0.1, 0.15) is 0 Å². The Balaban J connectivity index is 1.85. The first kappa shape index (κ1) is 16.1. The Morgan fingerprint density at radius 3 is 2.24 bits per heavy atom. The molecule has 2 amide bonds. The number of imide groups is 1. The van der Waals surface area contributed by atoms with Gasteiger partial charge in [-0.1, -0.05) is 12.1 Å². The van der Waals surface area contributed by atoms with Crippen molar-refractivity contribution in [2.75, 3.05) is 10.2 Å². The van der Waals surface area contributed by atoms with E-state index in [4.69, 9.17) is 11.7 Å². The van der Waals surface area contributed by atoms with Crippen molar-refractivity contribution in [3.63, 3.8) is 0 Å². The highest BCUT2D eigenvalue weighted by atomic mass is 19.1. The molecule has 0 aromatic heterocycles. The zero-order valence-electron chi connectivity index (χ0n) is 12.5. The van der Waals surface area contributed by atoms with E-state index in [1.807, 2.05) is 0 Å². The number of benzene rings is 2. The molecule has 6 nitrogen and oxygen atoms in total. The predicted molar refractivity (Wildman–Crippen MR) is 84.9 cm³/mol. The van der Waals surface area contributed by atoms with Crippen molar-refractivity contribution < 1.29 is 23.5 Å². The molecule has 8 heteroatoms. The molecule has 25 heavy (non-hydrogen) atoms. The van der Waals surface area contributed by atoms with E-state index in [2.05, 4.69) is 10.2 Å². The second-order valence-electron chi connectivity index (χ2n) is 5.08. The van der Waals surface area contributed by atoms with Crippen LogP contribution in [0.25, 0.3) is 4.85 Å². The van der Waals surface area contributed by atoms with Gasteiger partial charge in [0.05, 0.1) is 6.57 Å². The lowest BCUT2D eigenvalue weighted by molar-refractivity contribution is -0.120. The van der Waals surface area contributed by atoms with E-state index in [9.17, 15) is 18.4 Å². The Labute approximate surface area is 140 Å². The van der Waals surface area contributed by atoms with Crippen molar-refractivity contribution >= 4 is 28.9 Å². The number of halogens is 2. The summed E-state index contributed by atoms with van der Waals surface area (Å²) in [4.78, 5) is 28.5. The number of nitrogens with one attached hydrogen (secondary N) is 1. The van der Waals surface area contributed by atoms with Gasteiger partial charge in [0.15, 0.2) is 23.1 Å². The van der Waals surface area contributed by atoms with Crippen LogP contribution in [-0.2, 0) is 9.59 Å². The molecule has 1 heterocycles. The smallest absolute Gasteiger partial charge is 0.281 e. The summed E-state index contributed by atoms with van der Waals surface area (Å²) in [5.74, 6) is -4.88. The number of anilines is 2. The predicted octanol–water partition coefficient (Wildman–Crippen LogP) is 3.09. The van der Waals surface area contributed by atoms with Gasteiger partial charge < -0.3 is 10.4 Å². The van der Waals surface area contributed by atoms with Crippen molar-refractivity contribution in [3.8, 4) is 5.75 Å². The van der Waals surface area contributed by atoms with E-state index in [1.165, 1.54) is 24.3 Å². The van der Waals surface area contributed by atoms with Gasteiger partial charge in [0, 0.05) is 29.6 Å². The van der Waals surface area contributed by atoms with Crippen LogP contribution in [0.2, 0.25) is 0 Å². The quantitative estimate of drug-likeness (QED) is 0.511. The number of hydrogen-bond donors (Lipinski definition) is 2. The topological polar surface area (TPSA) is 74.0 Å². The average molecular weight is 341 g/mol. The van der Waals surface area contributed by atoms with Gasteiger partial charge in [-0.25, -0.2) is 18.5 Å². The minimum absolute atomic E-state index is 0.134. The molecule has 124 valence electrons. The number of rotatable bonds is 3. The van der Waals surface area contributed by atoms with Crippen LogP contribution in [0, 0.1) is 18.2 Å². The number of phenols is 1. The van der Waals surface area contributed by atoms with Crippen LogP contribution in [0.15, 0.2) is 48.2 Å². The van der Waals surface area contributed by atoms with Gasteiger partial charge in [-0.15, -0.1) is 0 Å². The number of nitrogens with zero attached hydrogens (tertiary/aromatic N) is 2. The highest BCUT2D eigenvalue weighted by Crippen LogP contribution is 2.28. The molecule has 3 rings (SSSR count). The molecule has 0 saturated heterocycles. The molecule has 0 spiro atoms. The second kappa shape index (κ2) is 6.05. The molecule has 2 N–H and O–H groups in total. The number of phenolic OH excluding ortho intramolecular Hbond substituents is 1. The van der Waals surface area contributed by atoms with Gasteiger partial charge in [0.2, 0.25) is 0 Å². The summed E-state index contributed by atoms with van der Waals surface area (Å²) in [6.45, 7) is 6.89.